The van der Waals surface area contributed by atoms with Crippen molar-refractivity contribution in [3.63, 3.8) is 0 Å². The largest absolute Gasteiger partial charge is 0.496 e. The Morgan fingerprint density at radius 3 is 2.72 bits per heavy atom. The first kappa shape index (κ1) is 21.5. The molecular weight excluding hydrogens is 398 g/mol. The number of benzene rings is 1. The topological polar surface area (TPSA) is 37.8 Å². The van der Waals surface area contributed by atoms with E-state index in [1.807, 2.05) is 24.3 Å². The number of rotatable bonds is 5. The molecule has 0 atom stereocenters. The quantitative estimate of drug-likeness (QED) is 0.651. The third-order valence-electron chi connectivity index (χ3n) is 7.33. The normalized spacial score (nSPS) is 21.5. The summed E-state index contributed by atoms with van der Waals surface area (Å²) in [5.74, 6) is 2.40. The average molecular weight is 434 g/mol. The summed E-state index contributed by atoms with van der Waals surface area (Å²) in [7, 11) is 1.72. The molecule has 1 saturated carbocycles. The Hall–Kier alpha value is -2.37. The van der Waals surface area contributed by atoms with E-state index in [0.29, 0.717) is 5.88 Å². The van der Waals surface area contributed by atoms with Gasteiger partial charge in [0.25, 0.3) is 0 Å². The Morgan fingerprint density at radius 2 is 1.91 bits per heavy atom. The summed E-state index contributed by atoms with van der Waals surface area (Å²) in [6.07, 6.45) is 13.1. The first-order valence-electron chi connectivity index (χ1n) is 12.3. The zero-order valence-electron chi connectivity index (χ0n) is 19.3. The van der Waals surface area contributed by atoms with Gasteiger partial charge in [-0.25, -0.2) is 4.98 Å². The Labute approximate surface area is 192 Å². The summed E-state index contributed by atoms with van der Waals surface area (Å²) in [5.41, 5.74) is 3.46. The molecule has 2 aromatic rings. The molecule has 5 heteroatoms. The Balaban J connectivity index is 1.25. The molecule has 1 saturated heterocycles. The third kappa shape index (κ3) is 4.69. The van der Waals surface area contributed by atoms with Gasteiger partial charge in [-0.15, -0.1) is 0 Å². The molecule has 0 amide bonds. The number of hydrogen-bond acceptors (Lipinski definition) is 5. The van der Waals surface area contributed by atoms with Gasteiger partial charge in [0.15, 0.2) is 0 Å². The molecule has 1 aliphatic carbocycles. The zero-order chi connectivity index (χ0) is 21.8. The second kappa shape index (κ2) is 10.1. The van der Waals surface area contributed by atoms with Crippen LogP contribution >= 0.6 is 0 Å². The number of fused-ring (bicyclic) bond motifs is 2. The molecule has 0 unspecified atom stereocenters. The highest BCUT2D eigenvalue weighted by Crippen LogP contribution is 2.41. The lowest BCUT2D eigenvalue weighted by Gasteiger charge is -2.40. The highest BCUT2D eigenvalue weighted by molar-refractivity contribution is 5.74. The van der Waals surface area contributed by atoms with Gasteiger partial charge in [0.2, 0.25) is 5.88 Å². The van der Waals surface area contributed by atoms with E-state index in [1.165, 1.54) is 63.9 Å². The molecule has 2 fully saturated rings. The number of pyridine rings is 1. The first-order chi connectivity index (χ1) is 15.8. The number of methoxy groups -OCH3 is 1. The lowest BCUT2D eigenvalue weighted by atomic mass is 9.94. The number of ether oxygens (including phenoxy) is 2. The molecular formula is C27H35N3O2. The van der Waals surface area contributed by atoms with Crippen molar-refractivity contribution in [3.8, 4) is 17.4 Å². The Bertz CT molecular complexity index is 944. The fourth-order valence-electron chi connectivity index (χ4n) is 5.51. The second-order valence-electron chi connectivity index (χ2n) is 9.26. The average Bonchev–Trinajstić information content (AvgIpc) is 3.01. The molecule has 1 aromatic carbocycles. The van der Waals surface area contributed by atoms with E-state index in [-0.39, 0.29) is 0 Å². The molecule has 5 rings (SSSR count). The van der Waals surface area contributed by atoms with Crippen LogP contribution in [0.3, 0.4) is 0 Å². The molecule has 5 nitrogen and oxygen atoms in total. The molecule has 0 bridgehead atoms. The summed E-state index contributed by atoms with van der Waals surface area (Å²) in [6, 6.07) is 10.9. The van der Waals surface area contributed by atoms with Gasteiger partial charge in [0.1, 0.15) is 11.5 Å². The van der Waals surface area contributed by atoms with Crippen LogP contribution in [0.4, 0.5) is 0 Å². The van der Waals surface area contributed by atoms with E-state index in [9.17, 15) is 0 Å². The molecule has 1 aromatic heterocycles. The van der Waals surface area contributed by atoms with Gasteiger partial charge in [-0.2, -0.15) is 0 Å². The maximum absolute atomic E-state index is 6.19. The molecule has 3 aliphatic rings. The highest BCUT2D eigenvalue weighted by atomic mass is 16.5. The fourth-order valence-corrected chi connectivity index (χ4v) is 5.51. The van der Waals surface area contributed by atoms with Gasteiger partial charge in [0, 0.05) is 62.5 Å². The van der Waals surface area contributed by atoms with Crippen molar-refractivity contribution in [2.24, 2.45) is 0 Å². The van der Waals surface area contributed by atoms with Crippen LogP contribution in [0.15, 0.2) is 42.6 Å². The van der Waals surface area contributed by atoms with Gasteiger partial charge in [-0.05, 0) is 49.1 Å². The van der Waals surface area contributed by atoms with Crippen LogP contribution in [0, 0.1) is 0 Å². The summed E-state index contributed by atoms with van der Waals surface area (Å²) >= 11 is 0. The number of allylic oxidation sites excluding steroid dienone is 1. The molecule has 32 heavy (non-hydrogen) atoms. The van der Waals surface area contributed by atoms with E-state index in [1.54, 1.807) is 13.3 Å². The van der Waals surface area contributed by atoms with Crippen molar-refractivity contribution in [1.29, 1.82) is 0 Å². The van der Waals surface area contributed by atoms with E-state index in [4.69, 9.17) is 9.47 Å². The zero-order valence-corrected chi connectivity index (χ0v) is 19.3. The van der Waals surface area contributed by atoms with E-state index in [2.05, 4.69) is 26.9 Å². The van der Waals surface area contributed by atoms with Crippen LogP contribution in [0.2, 0.25) is 0 Å². The van der Waals surface area contributed by atoms with Gasteiger partial charge >= 0.3 is 0 Å². The minimum atomic E-state index is 0.687. The maximum Gasteiger partial charge on any atom is 0.226 e. The predicted molar refractivity (Wildman–Crippen MR) is 128 cm³/mol. The van der Waals surface area contributed by atoms with Crippen LogP contribution in [0.1, 0.15) is 49.7 Å². The Morgan fingerprint density at radius 1 is 1.06 bits per heavy atom. The van der Waals surface area contributed by atoms with Gasteiger partial charge in [-0.3, -0.25) is 4.90 Å². The van der Waals surface area contributed by atoms with Crippen LogP contribution in [-0.2, 0) is 6.42 Å². The summed E-state index contributed by atoms with van der Waals surface area (Å²) in [6.45, 7) is 5.95. The molecule has 0 radical (unpaired) electrons. The minimum Gasteiger partial charge on any atom is -0.496 e. The molecule has 0 N–H and O–H groups in total. The van der Waals surface area contributed by atoms with E-state index in [0.717, 1.165) is 48.1 Å². The van der Waals surface area contributed by atoms with Crippen molar-refractivity contribution in [3.05, 3.63) is 53.7 Å². The molecule has 3 heterocycles. The Kier molecular flexibility index (Phi) is 6.75. The van der Waals surface area contributed by atoms with E-state index >= 15 is 0 Å². The van der Waals surface area contributed by atoms with Crippen molar-refractivity contribution in [2.45, 2.75) is 51.0 Å². The first-order valence-corrected chi connectivity index (χ1v) is 12.3. The number of nitrogens with zero attached hydrogens (tertiary/aromatic N) is 3. The number of aromatic nitrogens is 1. The van der Waals surface area contributed by atoms with Gasteiger partial charge in [-0.1, -0.05) is 31.4 Å². The van der Waals surface area contributed by atoms with Gasteiger partial charge < -0.3 is 14.4 Å². The van der Waals surface area contributed by atoms with Crippen LogP contribution in [-0.4, -0.2) is 60.7 Å². The summed E-state index contributed by atoms with van der Waals surface area (Å²) in [5, 5.41) is 0. The molecule has 2 aliphatic heterocycles. The fraction of sp³-hybridized carbons (Fsp3) is 0.519. The van der Waals surface area contributed by atoms with Crippen molar-refractivity contribution in [1.82, 2.24) is 14.8 Å². The third-order valence-corrected chi connectivity index (χ3v) is 7.33. The predicted octanol–water partition coefficient (Wildman–Crippen LogP) is 5.16. The lowest BCUT2D eigenvalue weighted by molar-refractivity contribution is 0.0799. The minimum absolute atomic E-state index is 0.687. The smallest absolute Gasteiger partial charge is 0.226 e. The van der Waals surface area contributed by atoms with Crippen LogP contribution < -0.4 is 9.47 Å². The number of hydrogen-bond donors (Lipinski definition) is 0. The monoisotopic (exact) mass is 433 g/mol. The summed E-state index contributed by atoms with van der Waals surface area (Å²) in [4.78, 5) is 9.89. The molecule has 0 spiro atoms. The van der Waals surface area contributed by atoms with E-state index < -0.39 is 0 Å². The van der Waals surface area contributed by atoms with Crippen LogP contribution in [0.5, 0.6) is 17.4 Å². The van der Waals surface area contributed by atoms with Crippen molar-refractivity contribution in [2.75, 3.05) is 39.8 Å². The van der Waals surface area contributed by atoms with Crippen molar-refractivity contribution < 1.29 is 9.47 Å². The standard InChI is InChI=1S/C27H35N3O2/c1-31-25-12-5-13-26-24(25)20-21(23-11-6-14-28-27(23)32-26)8-7-15-29-16-18-30(19-17-29)22-9-3-2-4-10-22/h5-6,8,11-14,22H,2-4,7,9-10,15-20H2,1H3/b21-8-. The second-order valence-corrected chi connectivity index (χ2v) is 9.26. The lowest BCUT2D eigenvalue weighted by Crippen LogP contribution is -2.50. The molecule has 170 valence electrons. The van der Waals surface area contributed by atoms with Gasteiger partial charge in [0.05, 0.1) is 7.11 Å². The van der Waals surface area contributed by atoms with Crippen molar-refractivity contribution >= 4 is 5.57 Å². The maximum atomic E-state index is 6.19. The summed E-state index contributed by atoms with van der Waals surface area (Å²) < 4.78 is 11.8. The SMILES string of the molecule is COc1cccc2c1C/C(=C/CCN1CCN(C3CCCCC3)CC1)c1cccnc1O2. The highest BCUT2D eigenvalue weighted by Gasteiger charge is 2.25. The van der Waals surface area contributed by atoms with Crippen LogP contribution in [0.25, 0.3) is 5.57 Å². The number of piperazine rings is 1.